The molecular formula is C12H16N2O6S. The molecule has 0 saturated heterocycles. The summed E-state index contributed by atoms with van der Waals surface area (Å²) in [7, 11) is -2.16. The molecule has 8 nitrogen and oxygen atoms in total. The monoisotopic (exact) mass is 316 g/mol. The van der Waals surface area contributed by atoms with Crippen molar-refractivity contribution in [1.29, 1.82) is 0 Å². The highest BCUT2D eigenvalue weighted by Gasteiger charge is 2.27. The van der Waals surface area contributed by atoms with Gasteiger partial charge >= 0.3 is 5.97 Å². The standard InChI is InChI=1S/C12H16N2O6S/c1-4-9(12(15)16)13(2)10-6-5-8(21(3,19)20)7-11(10)14(17)18/h5-7,9H,4H2,1-3H3,(H,15,16). The Hall–Kier alpha value is -2.16. The van der Waals surface area contributed by atoms with Crippen molar-refractivity contribution in [1.82, 2.24) is 0 Å². The van der Waals surface area contributed by atoms with E-state index in [4.69, 9.17) is 5.11 Å². The van der Waals surface area contributed by atoms with Crippen LogP contribution in [0.4, 0.5) is 11.4 Å². The van der Waals surface area contributed by atoms with Gasteiger partial charge in [0.05, 0.1) is 9.82 Å². The Balaban J connectivity index is 3.43. The Bertz CT molecular complexity index is 670. The Morgan fingerprint density at radius 3 is 2.43 bits per heavy atom. The molecule has 0 aliphatic rings. The number of aliphatic carboxylic acids is 1. The van der Waals surface area contributed by atoms with E-state index < -0.39 is 32.5 Å². The lowest BCUT2D eigenvalue weighted by molar-refractivity contribution is -0.384. The molecular weight excluding hydrogens is 300 g/mol. The third kappa shape index (κ3) is 3.69. The zero-order valence-corrected chi connectivity index (χ0v) is 12.6. The van der Waals surface area contributed by atoms with E-state index >= 15 is 0 Å². The minimum atomic E-state index is -3.58. The van der Waals surface area contributed by atoms with E-state index in [0.717, 1.165) is 12.3 Å². The van der Waals surface area contributed by atoms with Gasteiger partial charge in [-0.2, -0.15) is 0 Å². The molecule has 0 heterocycles. The molecule has 1 atom stereocenters. The molecule has 1 N–H and O–H groups in total. The van der Waals surface area contributed by atoms with Crippen LogP contribution in [0.15, 0.2) is 23.1 Å². The van der Waals surface area contributed by atoms with Crippen LogP contribution in [0.3, 0.4) is 0 Å². The van der Waals surface area contributed by atoms with Gasteiger partial charge in [0.1, 0.15) is 11.7 Å². The average Bonchev–Trinajstić information content (AvgIpc) is 2.37. The number of hydrogen-bond donors (Lipinski definition) is 1. The molecule has 9 heteroatoms. The number of anilines is 1. The molecule has 116 valence electrons. The summed E-state index contributed by atoms with van der Waals surface area (Å²) < 4.78 is 22.9. The number of nitrogens with zero attached hydrogens (tertiary/aromatic N) is 2. The topological polar surface area (TPSA) is 118 Å². The smallest absolute Gasteiger partial charge is 0.326 e. The predicted octanol–water partition coefficient (Wildman–Crippen LogP) is 1.30. The van der Waals surface area contributed by atoms with Crippen LogP contribution in [0, 0.1) is 10.1 Å². The second-order valence-corrected chi connectivity index (χ2v) is 6.57. The van der Waals surface area contributed by atoms with Gasteiger partial charge in [-0.15, -0.1) is 0 Å². The third-order valence-electron chi connectivity index (χ3n) is 3.09. The first kappa shape index (κ1) is 16.9. The maximum atomic E-state index is 11.5. The van der Waals surface area contributed by atoms with Crippen LogP contribution < -0.4 is 4.90 Å². The second kappa shape index (κ2) is 6.08. The van der Waals surface area contributed by atoms with E-state index in [1.54, 1.807) is 6.92 Å². The quantitative estimate of drug-likeness (QED) is 0.620. The van der Waals surface area contributed by atoms with Gasteiger partial charge in [0.15, 0.2) is 9.84 Å². The Labute approximate surface area is 122 Å². The first-order valence-corrected chi connectivity index (χ1v) is 7.92. The number of rotatable bonds is 6. The van der Waals surface area contributed by atoms with Gasteiger partial charge in [-0.1, -0.05) is 6.92 Å². The molecule has 0 aromatic heterocycles. The van der Waals surface area contributed by atoms with Gasteiger partial charge in [-0.3, -0.25) is 10.1 Å². The zero-order valence-electron chi connectivity index (χ0n) is 11.8. The van der Waals surface area contributed by atoms with Crippen molar-refractivity contribution >= 4 is 27.2 Å². The minimum absolute atomic E-state index is 0.0571. The summed E-state index contributed by atoms with van der Waals surface area (Å²) in [4.78, 5) is 22.6. The van der Waals surface area contributed by atoms with E-state index in [1.165, 1.54) is 24.1 Å². The van der Waals surface area contributed by atoms with Crippen molar-refractivity contribution in [2.75, 3.05) is 18.2 Å². The number of likely N-dealkylation sites (N-methyl/N-ethyl adjacent to an activating group) is 1. The van der Waals surface area contributed by atoms with Crippen LogP contribution in [0.5, 0.6) is 0 Å². The Morgan fingerprint density at radius 1 is 1.48 bits per heavy atom. The van der Waals surface area contributed by atoms with Crippen LogP contribution in [-0.4, -0.2) is 43.8 Å². The highest BCUT2D eigenvalue weighted by molar-refractivity contribution is 7.90. The van der Waals surface area contributed by atoms with E-state index in [9.17, 15) is 23.3 Å². The lowest BCUT2D eigenvalue weighted by atomic mass is 10.1. The first-order chi connectivity index (χ1) is 9.59. The Kier molecular flexibility index (Phi) is 4.89. The molecule has 0 radical (unpaired) electrons. The third-order valence-corrected chi connectivity index (χ3v) is 4.20. The number of benzene rings is 1. The Morgan fingerprint density at radius 2 is 2.05 bits per heavy atom. The summed E-state index contributed by atoms with van der Waals surface area (Å²) in [5, 5.41) is 20.2. The lowest BCUT2D eigenvalue weighted by Crippen LogP contribution is -2.38. The fourth-order valence-electron chi connectivity index (χ4n) is 1.96. The van der Waals surface area contributed by atoms with Gasteiger partial charge in [-0.25, -0.2) is 13.2 Å². The fraction of sp³-hybridized carbons (Fsp3) is 0.417. The summed E-state index contributed by atoms with van der Waals surface area (Å²) in [5.74, 6) is -1.11. The lowest BCUT2D eigenvalue weighted by Gasteiger charge is -2.25. The average molecular weight is 316 g/mol. The fourth-order valence-corrected chi connectivity index (χ4v) is 2.60. The van der Waals surface area contributed by atoms with Crippen molar-refractivity contribution in [3.8, 4) is 0 Å². The van der Waals surface area contributed by atoms with Crippen LogP contribution in [0.2, 0.25) is 0 Å². The second-order valence-electron chi connectivity index (χ2n) is 4.55. The van der Waals surface area contributed by atoms with E-state index in [-0.39, 0.29) is 17.0 Å². The molecule has 0 saturated carbocycles. The molecule has 0 fully saturated rings. The van der Waals surface area contributed by atoms with Gasteiger partial charge < -0.3 is 10.0 Å². The van der Waals surface area contributed by atoms with Crippen LogP contribution in [-0.2, 0) is 14.6 Å². The largest absolute Gasteiger partial charge is 0.480 e. The van der Waals surface area contributed by atoms with Gasteiger partial charge in [-0.05, 0) is 18.6 Å². The zero-order chi connectivity index (χ0) is 16.4. The number of sulfone groups is 1. The number of carboxylic acid groups (broad SMARTS) is 1. The maximum absolute atomic E-state index is 11.5. The molecule has 0 aliphatic heterocycles. The SMILES string of the molecule is CCC(C(=O)O)N(C)c1ccc(S(C)(=O)=O)cc1[N+](=O)[O-]. The highest BCUT2D eigenvalue weighted by Crippen LogP contribution is 2.31. The van der Waals surface area contributed by atoms with Crippen LogP contribution >= 0.6 is 0 Å². The van der Waals surface area contributed by atoms with E-state index in [0.29, 0.717) is 0 Å². The van der Waals surface area contributed by atoms with Gasteiger partial charge in [0.2, 0.25) is 0 Å². The van der Waals surface area contributed by atoms with Crippen molar-refractivity contribution in [2.45, 2.75) is 24.3 Å². The number of carboxylic acids is 1. The molecule has 1 unspecified atom stereocenters. The summed E-state index contributed by atoms with van der Waals surface area (Å²) in [5.41, 5.74) is -0.387. The molecule has 0 amide bonds. The minimum Gasteiger partial charge on any atom is -0.480 e. The maximum Gasteiger partial charge on any atom is 0.326 e. The van der Waals surface area contributed by atoms with Crippen molar-refractivity contribution in [3.05, 3.63) is 28.3 Å². The molecule has 21 heavy (non-hydrogen) atoms. The van der Waals surface area contributed by atoms with Crippen molar-refractivity contribution < 1.29 is 23.2 Å². The number of nitro benzene ring substituents is 1. The first-order valence-electron chi connectivity index (χ1n) is 6.03. The summed E-state index contributed by atoms with van der Waals surface area (Å²) >= 11 is 0. The van der Waals surface area contributed by atoms with Crippen LogP contribution in [0.1, 0.15) is 13.3 Å². The predicted molar refractivity (Wildman–Crippen MR) is 76.3 cm³/mol. The van der Waals surface area contributed by atoms with Crippen molar-refractivity contribution in [2.24, 2.45) is 0 Å². The number of carbonyl (C=O) groups is 1. The molecule has 0 spiro atoms. The summed E-state index contributed by atoms with van der Waals surface area (Å²) in [6.07, 6.45) is 1.19. The van der Waals surface area contributed by atoms with Crippen LogP contribution in [0.25, 0.3) is 0 Å². The van der Waals surface area contributed by atoms with Gasteiger partial charge in [0, 0.05) is 19.4 Å². The molecule has 1 aromatic rings. The van der Waals surface area contributed by atoms with E-state index in [2.05, 4.69) is 0 Å². The summed E-state index contributed by atoms with van der Waals surface area (Å²) in [6, 6.07) is 2.48. The number of hydrogen-bond acceptors (Lipinski definition) is 6. The summed E-state index contributed by atoms with van der Waals surface area (Å²) in [6.45, 7) is 1.64. The normalized spacial score (nSPS) is 12.7. The van der Waals surface area contributed by atoms with Crippen molar-refractivity contribution in [3.63, 3.8) is 0 Å². The van der Waals surface area contributed by atoms with Gasteiger partial charge in [0.25, 0.3) is 5.69 Å². The molecule has 0 bridgehead atoms. The molecule has 1 rings (SSSR count). The molecule has 1 aromatic carbocycles. The highest BCUT2D eigenvalue weighted by atomic mass is 32.2. The van der Waals surface area contributed by atoms with E-state index in [1.807, 2.05) is 0 Å². The number of nitro groups is 1. The molecule has 0 aliphatic carbocycles.